The molecule has 2 heterocycles. The quantitative estimate of drug-likeness (QED) is 0.777. The zero-order chi connectivity index (χ0) is 16.2. The van der Waals surface area contributed by atoms with Gasteiger partial charge in [0.2, 0.25) is 5.91 Å². The molecule has 3 rings (SSSR count). The van der Waals surface area contributed by atoms with Crippen LogP contribution in [0.3, 0.4) is 0 Å². The zero-order valence-electron chi connectivity index (χ0n) is 12.9. The molecule has 2 amide bonds. The standard InChI is InChI=1S/C16H19N5O2/c1-21(10-14(22)18-11-5-3-2-4-6-11)16(23)15-12-9-17-8-7-13(12)19-20-15/h2-6,17H,7-10H2,1H3,(H,18,22)(H,19,20). The van der Waals surface area contributed by atoms with Crippen molar-refractivity contribution in [3.63, 3.8) is 0 Å². The summed E-state index contributed by atoms with van der Waals surface area (Å²) >= 11 is 0. The average Bonchev–Trinajstić information content (AvgIpc) is 2.99. The van der Waals surface area contributed by atoms with Gasteiger partial charge in [-0.1, -0.05) is 18.2 Å². The van der Waals surface area contributed by atoms with Gasteiger partial charge in [-0.15, -0.1) is 0 Å². The second kappa shape index (κ2) is 6.62. The van der Waals surface area contributed by atoms with E-state index in [0.717, 1.165) is 24.2 Å². The van der Waals surface area contributed by atoms with Crippen LogP contribution in [0, 0.1) is 0 Å². The Hall–Kier alpha value is -2.67. The molecule has 3 N–H and O–H groups in total. The molecule has 0 spiro atoms. The third-order valence-corrected chi connectivity index (χ3v) is 3.79. The Kier molecular flexibility index (Phi) is 4.38. The smallest absolute Gasteiger partial charge is 0.274 e. The van der Waals surface area contributed by atoms with E-state index in [0.29, 0.717) is 17.9 Å². The normalized spacial score (nSPS) is 13.3. The zero-order valence-corrected chi connectivity index (χ0v) is 12.9. The van der Waals surface area contributed by atoms with Crippen LogP contribution in [0.25, 0.3) is 0 Å². The van der Waals surface area contributed by atoms with Crippen molar-refractivity contribution in [2.75, 3.05) is 25.5 Å². The summed E-state index contributed by atoms with van der Waals surface area (Å²) in [6, 6.07) is 9.16. The molecule has 7 heteroatoms. The minimum absolute atomic E-state index is 0.0250. The Morgan fingerprint density at radius 2 is 2.09 bits per heavy atom. The van der Waals surface area contributed by atoms with Crippen LogP contribution in [0.4, 0.5) is 5.69 Å². The number of amides is 2. The molecule has 0 unspecified atom stereocenters. The molecular formula is C16H19N5O2. The summed E-state index contributed by atoms with van der Waals surface area (Å²) in [4.78, 5) is 25.9. The SMILES string of the molecule is CN(CC(=O)Nc1ccccc1)C(=O)c1n[nH]c2c1CNCC2. The Bertz CT molecular complexity index is 711. The molecule has 120 valence electrons. The summed E-state index contributed by atoms with van der Waals surface area (Å²) in [5, 5.41) is 13.0. The summed E-state index contributed by atoms with van der Waals surface area (Å²) in [6.07, 6.45) is 0.827. The van der Waals surface area contributed by atoms with Gasteiger partial charge in [-0.3, -0.25) is 14.7 Å². The van der Waals surface area contributed by atoms with E-state index < -0.39 is 0 Å². The summed E-state index contributed by atoms with van der Waals surface area (Å²) in [5.74, 6) is -0.496. The Morgan fingerprint density at radius 3 is 2.87 bits per heavy atom. The van der Waals surface area contributed by atoms with Crippen LogP contribution in [0.15, 0.2) is 30.3 Å². The van der Waals surface area contributed by atoms with E-state index in [2.05, 4.69) is 20.8 Å². The van der Waals surface area contributed by atoms with Crippen molar-refractivity contribution in [2.45, 2.75) is 13.0 Å². The van der Waals surface area contributed by atoms with Gasteiger partial charge < -0.3 is 15.5 Å². The van der Waals surface area contributed by atoms with Crippen LogP contribution in [0.5, 0.6) is 0 Å². The number of likely N-dealkylation sites (N-methyl/N-ethyl adjacent to an activating group) is 1. The Labute approximate surface area is 134 Å². The van der Waals surface area contributed by atoms with Gasteiger partial charge in [0.1, 0.15) is 0 Å². The molecule has 0 atom stereocenters. The number of anilines is 1. The summed E-state index contributed by atoms with van der Waals surface area (Å²) in [7, 11) is 1.60. The highest BCUT2D eigenvalue weighted by atomic mass is 16.2. The van der Waals surface area contributed by atoms with Gasteiger partial charge in [-0.05, 0) is 12.1 Å². The number of hydrogen-bond acceptors (Lipinski definition) is 4. The van der Waals surface area contributed by atoms with E-state index in [-0.39, 0.29) is 18.4 Å². The fourth-order valence-corrected chi connectivity index (χ4v) is 2.59. The van der Waals surface area contributed by atoms with E-state index >= 15 is 0 Å². The number of aromatic amines is 1. The molecule has 0 aliphatic carbocycles. The van der Waals surface area contributed by atoms with Crippen molar-refractivity contribution in [3.8, 4) is 0 Å². The molecule has 0 saturated carbocycles. The summed E-state index contributed by atoms with van der Waals surface area (Å²) < 4.78 is 0. The molecule has 2 aromatic rings. The number of nitrogens with zero attached hydrogens (tertiary/aromatic N) is 2. The predicted molar refractivity (Wildman–Crippen MR) is 86.0 cm³/mol. The summed E-state index contributed by atoms with van der Waals surface area (Å²) in [5.41, 5.74) is 2.99. The van der Waals surface area contributed by atoms with Crippen LogP contribution in [0.2, 0.25) is 0 Å². The first-order valence-corrected chi connectivity index (χ1v) is 7.52. The van der Waals surface area contributed by atoms with E-state index in [1.807, 2.05) is 18.2 Å². The van der Waals surface area contributed by atoms with Crippen LogP contribution < -0.4 is 10.6 Å². The third-order valence-electron chi connectivity index (χ3n) is 3.79. The minimum Gasteiger partial charge on any atom is -0.331 e. The maximum Gasteiger partial charge on any atom is 0.274 e. The number of H-pyrrole nitrogens is 1. The van der Waals surface area contributed by atoms with Crippen molar-refractivity contribution in [1.82, 2.24) is 20.4 Å². The van der Waals surface area contributed by atoms with Crippen LogP contribution in [0.1, 0.15) is 21.7 Å². The van der Waals surface area contributed by atoms with Gasteiger partial charge in [0.15, 0.2) is 5.69 Å². The van der Waals surface area contributed by atoms with Crippen molar-refractivity contribution in [2.24, 2.45) is 0 Å². The van der Waals surface area contributed by atoms with E-state index in [4.69, 9.17) is 0 Å². The lowest BCUT2D eigenvalue weighted by molar-refractivity contribution is -0.116. The van der Waals surface area contributed by atoms with Crippen molar-refractivity contribution >= 4 is 17.5 Å². The number of carbonyl (C=O) groups is 2. The first-order valence-electron chi connectivity index (χ1n) is 7.52. The highest BCUT2D eigenvalue weighted by Crippen LogP contribution is 2.16. The maximum absolute atomic E-state index is 12.5. The minimum atomic E-state index is -0.255. The first kappa shape index (κ1) is 15.2. The predicted octanol–water partition coefficient (Wildman–Crippen LogP) is 0.766. The number of carbonyl (C=O) groups excluding carboxylic acids is 2. The highest BCUT2D eigenvalue weighted by molar-refractivity contribution is 5.99. The molecule has 7 nitrogen and oxygen atoms in total. The second-order valence-electron chi connectivity index (χ2n) is 5.53. The topological polar surface area (TPSA) is 90.1 Å². The second-order valence-corrected chi connectivity index (χ2v) is 5.53. The highest BCUT2D eigenvalue weighted by Gasteiger charge is 2.24. The molecule has 1 aromatic carbocycles. The van der Waals surface area contributed by atoms with Crippen molar-refractivity contribution < 1.29 is 9.59 Å². The van der Waals surface area contributed by atoms with Gasteiger partial charge in [-0.2, -0.15) is 5.10 Å². The van der Waals surface area contributed by atoms with E-state index in [9.17, 15) is 9.59 Å². The molecule has 23 heavy (non-hydrogen) atoms. The number of hydrogen-bond donors (Lipinski definition) is 3. The van der Waals surface area contributed by atoms with Gasteiger partial charge in [-0.25, -0.2) is 0 Å². The van der Waals surface area contributed by atoms with Crippen LogP contribution in [-0.2, 0) is 17.8 Å². The lowest BCUT2D eigenvalue weighted by Crippen LogP contribution is -2.36. The van der Waals surface area contributed by atoms with Gasteiger partial charge in [0, 0.05) is 43.5 Å². The molecule has 1 aromatic heterocycles. The number of rotatable bonds is 4. The van der Waals surface area contributed by atoms with E-state index in [1.165, 1.54) is 4.90 Å². The summed E-state index contributed by atoms with van der Waals surface area (Å²) in [6.45, 7) is 1.47. The number of aromatic nitrogens is 2. The lowest BCUT2D eigenvalue weighted by Gasteiger charge is -2.18. The molecule has 1 aliphatic heterocycles. The molecule has 0 fully saturated rings. The van der Waals surface area contributed by atoms with Crippen LogP contribution in [-0.4, -0.2) is 47.0 Å². The molecular weight excluding hydrogens is 294 g/mol. The average molecular weight is 313 g/mol. The molecule has 0 saturated heterocycles. The largest absolute Gasteiger partial charge is 0.331 e. The van der Waals surface area contributed by atoms with Crippen molar-refractivity contribution in [1.29, 1.82) is 0 Å². The van der Waals surface area contributed by atoms with Crippen LogP contribution >= 0.6 is 0 Å². The van der Waals surface area contributed by atoms with E-state index in [1.54, 1.807) is 19.2 Å². The Balaban J connectivity index is 1.63. The number of para-hydroxylation sites is 1. The first-order chi connectivity index (χ1) is 11.1. The van der Waals surface area contributed by atoms with Gasteiger partial charge in [0.25, 0.3) is 5.91 Å². The third kappa shape index (κ3) is 3.40. The fraction of sp³-hybridized carbons (Fsp3) is 0.312. The number of fused-ring (bicyclic) bond motifs is 1. The van der Waals surface area contributed by atoms with Gasteiger partial charge >= 0.3 is 0 Å². The Morgan fingerprint density at radius 1 is 1.30 bits per heavy atom. The lowest BCUT2D eigenvalue weighted by atomic mass is 10.1. The maximum atomic E-state index is 12.5. The molecule has 1 aliphatic rings. The molecule has 0 bridgehead atoms. The monoisotopic (exact) mass is 313 g/mol. The number of nitrogens with one attached hydrogen (secondary N) is 3. The van der Waals surface area contributed by atoms with Crippen molar-refractivity contribution in [3.05, 3.63) is 47.3 Å². The number of benzene rings is 1. The fourth-order valence-electron chi connectivity index (χ4n) is 2.59. The molecule has 0 radical (unpaired) electrons. The van der Waals surface area contributed by atoms with Gasteiger partial charge in [0.05, 0.1) is 6.54 Å².